The van der Waals surface area contributed by atoms with Gasteiger partial charge < -0.3 is 28.1 Å². The Bertz CT molecular complexity index is 7670. The zero-order chi connectivity index (χ0) is 93.1. The van der Waals surface area contributed by atoms with Crippen molar-refractivity contribution in [3.8, 4) is 28.8 Å². The van der Waals surface area contributed by atoms with Crippen LogP contribution in [0.2, 0.25) is 0 Å². The average molecular weight is 1330 g/mol. The average Bonchev–Trinajstić information content (AvgIpc) is 1.64. The lowest BCUT2D eigenvalue weighted by Gasteiger charge is -2.45. The van der Waals surface area contributed by atoms with E-state index >= 15 is 0 Å². The van der Waals surface area contributed by atoms with Gasteiger partial charge in [-0.1, -0.05) is 213 Å². The Balaban J connectivity index is 1.09. The molecule has 0 spiro atoms. The maximum absolute atomic E-state index is 11.0. The number of fused-ring (bicyclic) bond motifs is 16. The first-order chi connectivity index (χ1) is 60.6. The van der Waals surface area contributed by atoms with Crippen molar-refractivity contribution < 1.29 is 38.4 Å². The van der Waals surface area contributed by atoms with E-state index in [0.29, 0.717) is 5.56 Å². The molecule has 0 aliphatic carbocycles. The molecule has 19 rings (SSSR count). The smallest absolute Gasteiger partial charge is 0.252 e. The Hall–Kier alpha value is -12.3. The number of nitriles is 1. The topological polar surface area (TPSA) is 54.4 Å². The third-order valence-corrected chi connectivity index (χ3v) is 19.5. The molecule has 0 fully saturated rings. The molecule has 0 saturated heterocycles. The van der Waals surface area contributed by atoms with E-state index in [4.69, 9.17) is 12.1 Å². The minimum Gasteiger partial charge on any atom is -0.309 e. The molecule has 17 aromatic rings. The van der Waals surface area contributed by atoms with Gasteiger partial charge in [-0.15, -0.1) is 0 Å². The molecule has 8 nitrogen and oxygen atoms in total. The van der Waals surface area contributed by atoms with Crippen LogP contribution in [0.3, 0.4) is 0 Å². The molecule has 0 atom stereocenters. The number of hydrogen-bond acceptors (Lipinski definition) is 3. The summed E-state index contributed by atoms with van der Waals surface area (Å²) in [4.78, 5) is 7.04. The van der Waals surface area contributed by atoms with Crippen LogP contribution in [0.15, 0.2) is 266 Å². The van der Waals surface area contributed by atoms with Crippen LogP contribution in [-0.4, -0.2) is 25.0 Å². The largest absolute Gasteiger partial charge is 0.309 e. The molecule has 13 aromatic carbocycles. The van der Waals surface area contributed by atoms with Gasteiger partial charge in [0.15, 0.2) is 5.69 Å². The minimum absolute atomic E-state index is 0.0157. The number of aromatic nitrogens is 4. The quantitative estimate of drug-likeness (QED) is 0.123. The highest BCUT2D eigenvalue weighted by atomic mass is 15.2. The molecule has 101 heavy (non-hydrogen) atoms. The van der Waals surface area contributed by atoms with Crippen molar-refractivity contribution in [1.29, 1.82) is 5.26 Å². The normalized spacial score (nSPS) is 17.0. The van der Waals surface area contributed by atoms with Crippen molar-refractivity contribution in [2.75, 3.05) is 9.80 Å². The second kappa shape index (κ2) is 21.6. The van der Waals surface area contributed by atoms with E-state index in [1.165, 1.54) is 42.5 Å². The third-order valence-electron chi connectivity index (χ3n) is 19.5. The standard InChI is InChI=1S/C92H71BN8/c1-90(2,3)57-39-43-69-71-31-21-37-79(88(71)98(81(69)48-57)61-25-19-23-56(47-61)55-94)100-83-53-63(96-75-33-15-11-27-65(75)66-28-12-16-34-76(66)96)41-45-73(83)93-74-46-42-64(97-77-35-17-13-29-67(77)68-30-14-18-36-78(68)97)54-84(74)101(86-51-59(92(7,8)9)50-85(100)87(86)93)80-38-22-32-72-70-44-40-58(91(4,5)6)49-82(70)99(89(72)80)62-26-20-24-60(52-62)95-10/h11-54H,1-9H3/i11D,12D,13D,14D,15D,16D,17D,18D,21D,22D,27D,28D,29D,30D,31D,32D,33D,34D,35D,36D,37D,38D,39D,40D,43D,44D,48D,49D. The monoisotopic (exact) mass is 1330 g/mol. The molecule has 0 bridgehead atoms. The molecule has 0 N–H and O–H groups in total. The lowest BCUT2D eigenvalue weighted by Crippen LogP contribution is -2.61. The summed E-state index contributed by atoms with van der Waals surface area (Å²) in [6.07, 6.45) is 0. The van der Waals surface area contributed by atoms with Crippen LogP contribution in [0.1, 0.15) is 123 Å². The van der Waals surface area contributed by atoms with Crippen LogP contribution in [-0.2, 0) is 16.2 Å². The maximum atomic E-state index is 11.0. The number of benzene rings is 13. The van der Waals surface area contributed by atoms with Gasteiger partial charge >= 0.3 is 0 Å². The molecular weight excluding hydrogens is 1230 g/mol. The summed E-state index contributed by atoms with van der Waals surface area (Å²) in [5, 5.41) is 8.93. The first kappa shape index (κ1) is 37.6. The van der Waals surface area contributed by atoms with Crippen LogP contribution >= 0.6 is 0 Å². The van der Waals surface area contributed by atoms with Crippen LogP contribution in [0.25, 0.3) is 115 Å². The summed E-state index contributed by atoms with van der Waals surface area (Å²) in [5.74, 6) is 0. The second-order valence-corrected chi connectivity index (χ2v) is 28.6. The fourth-order valence-electron chi connectivity index (χ4n) is 14.8. The number of para-hydroxylation sites is 6. The fraction of sp³-hybridized carbons (Fsp3) is 0.130. The van der Waals surface area contributed by atoms with E-state index in [1.807, 2.05) is 20.8 Å². The van der Waals surface area contributed by atoms with Gasteiger partial charge in [0.05, 0.1) is 112 Å². The lowest BCUT2D eigenvalue weighted by atomic mass is 9.33. The fourth-order valence-corrected chi connectivity index (χ4v) is 14.8. The summed E-state index contributed by atoms with van der Waals surface area (Å²) < 4.78 is 281. The first-order valence-electron chi connectivity index (χ1n) is 46.8. The van der Waals surface area contributed by atoms with E-state index in [-0.39, 0.29) is 195 Å². The van der Waals surface area contributed by atoms with Crippen molar-refractivity contribution in [2.24, 2.45) is 0 Å². The van der Waals surface area contributed by atoms with Crippen molar-refractivity contribution in [1.82, 2.24) is 18.3 Å². The maximum Gasteiger partial charge on any atom is 0.252 e. The van der Waals surface area contributed by atoms with Gasteiger partial charge in [0, 0.05) is 88.6 Å². The van der Waals surface area contributed by atoms with Crippen molar-refractivity contribution >= 4 is 150 Å². The van der Waals surface area contributed by atoms with E-state index in [2.05, 4.69) is 10.9 Å². The number of nitrogens with zero attached hydrogens (tertiary/aromatic N) is 8. The number of rotatable bonds is 6. The summed E-state index contributed by atoms with van der Waals surface area (Å²) in [6.45, 7) is 23.4. The van der Waals surface area contributed by atoms with Gasteiger partial charge in [-0.2, -0.15) is 5.26 Å². The Kier molecular flexibility index (Phi) is 8.04. The summed E-state index contributed by atoms with van der Waals surface area (Å²) in [6, 6.07) is 10.1. The van der Waals surface area contributed by atoms with E-state index in [0.717, 1.165) is 0 Å². The molecule has 6 heterocycles. The van der Waals surface area contributed by atoms with Crippen LogP contribution in [0, 0.1) is 17.9 Å². The number of anilines is 6. The van der Waals surface area contributed by atoms with E-state index in [1.54, 1.807) is 124 Å². The van der Waals surface area contributed by atoms with Crippen molar-refractivity contribution in [2.45, 2.75) is 78.6 Å². The van der Waals surface area contributed by atoms with Crippen LogP contribution in [0.4, 0.5) is 39.8 Å². The molecule has 0 saturated carbocycles. The van der Waals surface area contributed by atoms with Gasteiger partial charge in [-0.25, -0.2) is 4.85 Å². The molecule has 0 amide bonds. The second-order valence-electron chi connectivity index (χ2n) is 28.6. The van der Waals surface area contributed by atoms with Crippen LogP contribution in [0.5, 0.6) is 0 Å². The van der Waals surface area contributed by atoms with Gasteiger partial charge in [0.1, 0.15) is 0 Å². The predicted molar refractivity (Wildman–Crippen MR) is 425 cm³/mol. The van der Waals surface area contributed by atoms with Crippen molar-refractivity contribution in [3.05, 3.63) is 300 Å². The van der Waals surface area contributed by atoms with E-state index in [9.17, 15) is 38.2 Å². The van der Waals surface area contributed by atoms with Gasteiger partial charge in [-0.05, 0) is 164 Å². The summed E-state index contributed by atoms with van der Waals surface area (Å²) in [5.41, 5.74) is -3.57. The third kappa shape index (κ3) is 8.86. The van der Waals surface area contributed by atoms with Crippen molar-refractivity contribution in [3.63, 3.8) is 0 Å². The first-order valence-corrected chi connectivity index (χ1v) is 32.8. The van der Waals surface area contributed by atoms with Crippen LogP contribution < -0.4 is 26.2 Å². The molecular formula is C92H71BN8. The molecule has 0 radical (unpaired) electrons. The zero-order valence-electron chi connectivity index (χ0n) is 83.9. The molecule has 9 heteroatoms. The minimum atomic E-state index is -1.30. The molecule has 0 unspecified atom stereocenters. The predicted octanol–water partition coefficient (Wildman–Crippen LogP) is 22.5. The highest BCUT2D eigenvalue weighted by molar-refractivity contribution is 7.00. The zero-order valence-corrected chi connectivity index (χ0v) is 55.9. The Morgan fingerprint density at radius 1 is 0.366 bits per heavy atom. The SMILES string of the molecule is [2H]c1c([2H])c([2H])c2c(c1[2H])c1c([2H])c([2H])c([2H])c([2H])c1n2-c1ccc2c(c1)N(c1c([2H])c([2H])c([2H])c3c4c([2H])c([2H])c(C(C)(C)C)c([2H])c4n(-c4cccc(C#N)c4)c13)c1cc(C(C)(C)C)cc3c1B2c1ccc(-n2c4c([2H])c([2H])c([2H])c([2H])c4c4c([2H])c([2H])c([2H])c([2H])c42)cc1N3c1c([2H])c([2H])c([2H])c2c3c([2H])c([2H])c(C(C)(C)C)c([2H])c3n(-c3cccc([N+]#[C-])c3)c12. The molecule has 2 aliphatic heterocycles. The summed E-state index contributed by atoms with van der Waals surface area (Å²) >= 11 is 0. The lowest BCUT2D eigenvalue weighted by molar-refractivity contribution is 0.590. The number of hydrogen-bond donors (Lipinski definition) is 0. The van der Waals surface area contributed by atoms with Gasteiger partial charge in [0.2, 0.25) is 0 Å². The Morgan fingerprint density at radius 2 is 0.762 bits per heavy atom. The molecule has 482 valence electrons. The highest BCUT2D eigenvalue weighted by Gasteiger charge is 2.46. The van der Waals surface area contributed by atoms with E-state index < -0.39 is 180 Å². The Labute approximate surface area is 627 Å². The highest BCUT2D eigenvalue weighted by Crippen LogP contribution is 2.53. The van der Waals surface area contributed by atoms with Gasteiger partial charge in [-0.3, -0.25) is 0 Å². The molecule has 4 aromatic heterocycles. The van der Waals surface area contributed by atoms with Gasteiger partial charge in [0.25, 0.3) is 6.71 Å². The Morgan fingerprint density at radius 3 is 1.19 bits per heavy atom. The molecule has 2 aliphatic rings. The summed E-state index contributed by atoms with van der Waals surface area (Å²) in [7, 11) is 0.